The summed E-state index contributed by atoms with van der Waals surface area (Å²) < 4.78 is 26.5. The van der Waals surface area contributed by atoms with Crippen LogP contribution in [0.25, 0.3) is 0 Å². The molecule has 0 heterocycles. The van der Waals surface area contributed by atoms with Crippen molar-refractivity contribution < 1.29 is 18.4 Å². The number of benzene rings is 1. The van der Waals surface area contributed by atoms with Gasteiger partial charge in [0.05, 0.1) is 5.69 Å². The molecule has 0 radical (unpaired) electrons. The van der Waals surface area contributed by atoms with Gasteiger partial charge in [-0.25, -0.2) is 8.78 Å². The lowest BCUT2D eigenvalue weighted by Gasteiger charge is -2.28. The number of carbonyl (C=O) groups excluding carboxylic acids is 2. The van der Waals surface area contributed by atoms with Crippen molar-refractivity contribution in [1.82, 2.24) is 5.32 Å². The quantitative estimate of drug-likeness (QED) is 0.834. The summed E-state index contributed by atoms with van der Waals surface area (Å²) in [6, 6.07) is 2.96. The summed E-state index contributed by atoms with van der Waals surface area (Å²) in [6.07, 6.45) is 5.13. The van der Waals surface area contributed by atoms with E-state index in [-0.39, 0.29) is 17.6 Å². The summed E-state index contributed by atoms with van der Waals surface area (Å²) in [5.74, 6) is -2.61. The van der Waals surface area contributed by atoms with Gasteiger partial charge in [0.1, 0.15) is 17.0 Å². The first-order valence-corrected chi connectivity index (χ1v) is 7.88. The molecule has 1 aliphatic carbocycles. The second-order valence-electron chi connectivity index (χ2n) is 6.51. The molecule has 126 valence electrons. The lowest BCUT2D eigenvalue weighted by Crippen LogP contribution is -2.49. The van der Waals surface area contributed by atoms with Crippen LogP contribution < -0.4 is 10.6 Å². The van der Waals surface area contributed by atoms with Gasteiger partial charge in [0.15, 0.2) is 0 Å². The summed E-state index contributed by atoms with van der Waals surface area (Å²) in [5, 5.41) is 5.25. The Hall–Kier alpha value is -1.98. The summed E-state index contributed by atoms with van der Waals surface area (Å²) >= 11 is 0. The highest BCUT2D eigenvalue weighted by molar-refractivity contribution is 6.09. The van der Waals surface area contributed by atoms with Crippen LogP contribution in [0.4, 0.5) is 14.5 Å². The number of rotatable bonds is 4. The predicted molar refractivity (Wildman–Crippen MR) is 83.8 cm³/mol. The maximum absolute atomic E-state index is 13.6. The Balaban J connectivity index is 2.02. The molecule has 1 aliphatic rings. The van der Waals surface area contributed by atoms with Crippen molar-refractivity contribution in [3.8, 4) is 0 Å². The first-order chi connectivity index (χ1) is 10.8. The minimum atomic E-state index is -1.35. The number of carbonyl (C=O) groups is 2. The number of anilines is 1. The van der Waals surface area contributed by atoms with E-state index in [1.807, 2.05) is 0 Å². The van der Waals surface area contributed by atoms with E-state index in [1.165, 1.54) is 20.3 Å². The second kappa shape index (κ2) is 7.06. The zero-order chi connectivity index (χ0) is 17.0. The zero-order valence-electron chi connectivity index (χ0n) is 13.4. The second-order valence-corrected chi connectivity index (χ2v) is 6.51. The van der Waals surface area contributed by atoms with Crippen LogP contribution in [0.3, 0.4) is 0 Å². The fraction of sp³-hybridized carbons (Fsp3) is 0.529. The van der Waals surface area contributed by atoms with Gasteiger partial charge in [-0.2, -0.15) is 0 Å². The SMILES string of the molecule is CC(C)(C(=O)Nc1ccc(F)cc1F)C(=O)NC1CCCCC1. The summed E-state index contributed by atoms with van der Waals surface area (Å²) in [6.45, 7) is 2.98. The molecule has 0 bridgehead atoms. The van der Waals surface area contributed by atoms with Crippen molar-refractivity contribution in [3.05, 3.63) is 29.8 Å². The van der Waals surface area contributed by atoms with E-state index in [4.69, 9.17) is 0 Å². The summed E-state index contributed by atoms with van der Waals surface area (Å²) in [7, 11) is 0. The summed E-state index contributed by atoms with van der Waals surface area (Å²) in [5.41, 5.74) is -1.49. The van der Waals surface area contributed by atoms with Crippen LogP contribution in [0.15, 0.2) is 18.2 Å². The van der Waals surface area contributed by atoms with Crippen LogP contribution in [0.1, 0.15) is 46.0 Å². The molecule has 0 aromatic heterocycles. The molecule has 0 spiro atoms. The van der Waals surface area contributed by atoms with Crippen molar-refractivity contribution in [2.75, 3.05) is 5.32 Å². The van der Waals surface area contributed by atoms with E-state index in [0.717, 1.165) is 37.8 Å². The molecule has 0 atom stereocenters. The summed E-state index contributed by atoms with van der Waals surface area (Å²) in [4.78, 5) is 24.7. The van der Waals surface area contributed by atoms with Gasteiger partial charge in [0.2, 0.25) is 11.8 Å². The molecule has 1 saturated carbocycles. The molecule has 6 heteroatoms. The van der Waals surface area contributed by atoms with Gasteiger partial charge in [-0.1, -0.05) is 19.3 Å². The lowest BCUT2D eigenvalue weighted by atomic mass is 9.88. The Morgan fingerprint density at radius 3 is 2.35 bits per heavy atom. The zero-order valence-corrected chi connectivity index (χ0v) is 13.4. The molecule has 0 aliphatic heterocycles. The Morgan fingerprint density at radius 1 is 1.09 bits per heavy atom. The molecule has 2 rings (SSSR count). The predicted octanol–water partition coefficient (Wildman–Crippen LogP) is 3.38. The smallest absolute Gasteiger partial charge is 0.239 e. The van der Waals surface area contributed by atoms with Gasteiger partial charge >= 0.3 is 0 Å². The van der Waals surface area contributed by atoms with Crippen molar-refractivity contribution in [1.29, 1.82) is 0 Å². The molecular weight excluding hydrogens is 302 g/mol. The van der Waals surface area contributed by atoms with Crippen molar-refractivity contribution >= 4 is 17.5 Å². The van der Waals surface area contributed by atoms with E-state index >= 15 is 0 Å². The molecule has 1 aromatic rings. The van der Waals surface area contributed by atoms with Crippen molar-refractivity contribution in [3.63, 3.8) is 0 Å². The molecule has 0 saturated heterocycles. The maximum Gasteiger partial charge on any atom is 0.239 e. The standard InChI is InChI=1S/C17H22F2N2O2/c1-17(2,15(22)20-12-6-4-3-5-7-12)16(23)21-14-9-8-11(18)10-13(14)19/h8-10,12H,3-7H2,1-2H3,(H,20,22)(H,21,23). The average molecular weight is 324 g/mol. The number of hydrogen-bond donors (Lipinski definition) is 2. The first kappa shape index (κ1) is 17.4. The minimum absolute atomic E-state index is 0.0888. The van der Waals surface area contributed by atoms with E-state index in [1.54, 1.807) is 0 Å². The van der Waals surface area contributed by atoms with E-state index in [2.05, 4.69) is 10.6 Å². The maximum atomic E-state index is 13.6. The Labute approximate surface area is 134 Å². The Bertz CT molecular complexity index is 596. The third kappa shape index (κ3) is 4.27. The van der Waals surface area contributed by atoms with Gasteiger partial charge in [0, 0.05) is 12.1 Å². The van der Waals surface area contributed by atoms with E-state index in [9.17, 15) is 18.4 Å². The van der Waals surface area contributed by atoms with Gasteiger partial charge < -0.3 is 10.6 Å². The van der Waals surface area contributed by atoms with E-state index in [0.29, 0.717) is 6.07 Å². The monoisotopic (exact) mass is 324 g/mol. The molecule has 4 nitrogen and oxygen atoms in total. The normalized spacial score (nSPS) is 16.0. The number of halogens is 2. The van der Waals surface area contributed by atoms with Crippen LogP contribution in [0.2, 0.25) is 0 Å². The van der Waals surface area contributed by atoms with Crippen LogP contribution >= 0.6 is 0 Å². The highest BCUT2D eigenvalue weighted by Crippen LogP contribution is 2.23. The first-order valence-electron chi connectivity index (χ1n) is 7.88. The van der Waals surface area contributed by atoms with Crippen LogP contribution in [-0.4, -0.2) is 17.9 Å². The highest BCUT2D eigenvalue weighted by atomic mass is 19.1. The van der Waals surface area contributed by atoms with Crippen LogP contribution in [0.5, 0.6) is 0 Å². The fourth-order valence-corrected chi connectivity index (χ4v) is 2.59. The third-order valence-corrected chi connectivity index (χ3v) is 4.26. The van der Waals surface area contributed by atoms with Crippen molar-refractivity contribution in [2.24, 2.45) is 5.41 Å². The minimum Gasteiger partial charge on any atom is -0.352 e. The van der Waals surface area contributed by atoms with Crippen molar-refractivity contribution in [2.45, 2.75) is 52.0 Å². The largest absolute Gasteiger partial charge is 0.352 e. The number of amides is 2. The van der Waals surface area contributed by atoms with Gasteiger partial charge in [0.25, 0.3) is 0 Å². The van der Waals surface area contributed by atoms with Crippen LogP contribution in [0, 0.1) is 17.0 Å². The number of hydrogen-bond acceptors (Lipinski definition) is 2. The molecular formula is C17H22F2N2O2. The van der Waals surface area contributed by atoms with Crippen LogP contribution in [-0.2, 0) is 9.59 Å². The average Bonchev–Trinajstić information content (AvgIpc) is 2.50. The fourth-order valence-electron chi connectivity index (χ4n) is 2.59. The molecule has 1 fully saturated rings. The number of nitrogens with one attached hydrogen (secondary N) is 2. The lowest BCUT2D eigenvalue weighted by molar-refractivity contribution is -0.139. The Kier molecular flexibility index (Phi) is 5.34. The topological polar surface area (TPSA) is 58.2 Å². The molecule has 2 amide bonds. The third-order valence-electron chi connectivity index (χ3n) is 4.26. The molecule has 0 unspecified atom stereocenters. The Morgan fingerprint density at radius 2 is 1.74 bits per heavy atom. The molecule has 23 heavy (non-hydrogen) atoms. The molecule has 1 aromatic carbocycles. The van der Waals surface area contributed by atoms with Gasteiger partial charge in [-0.05, 0) is 38.8 Å². The van der Waals surface area contributed by atoms with Gasteiger partial charge in [-0.15, -0.1) is 0 Å². The molecule has 2 N–H and O–H groups in total. The van der Waals surface area contributed by atoms with Gasteiger partial charge in [-0.3, -0.25) is 9.59 Å². The van der Waals surface area contributed by atoms with E-state index < -0.39 is 23.0 Å². The highest BCUT2D eigenvalue weighted by Gasteiger charge is 2.37.